The number of nitrogen functional groups attached to an aromatic ring is 1. The van der Waals surface area contributed by atoms with Crippen molar-refractivity contribution in [1.29, 1.82) is 0 Å². The van der Waals surface area contributed by atoms with E-state index in [9.17, 15) is 9.59 Å². The van der Waals surface area contributed by atoms with E-state index in [0.717, 1.165) is 5.56 Å². The molecule has 0 bridgehead atoms. The molecule has 1 aromatic rings. The van der Waals surface area contributed by atoms with Gasteiger partial charge in [0.2, 0.25) is 5.91 Å². The van der Waals surface area contributed by atoms with Crippen molar-refractivity contribution in [1.82, 2.24) is 10.2 Å². The SMILES string of the molecule is CNC(=O)CN(C)Cc1cccc(N)c1C(=O)OC. The molecule has 104 valence electrons. The van der Waals surface area contributed by atoms with Crippen molar-refractivity contribution in [2.24, 2.45) is 0 Å². The average molecular weight is 265 g/mol. The standard InChI is InChI=1S/C13H19N3O3/c1-15-11(17)8-16(2)7-9-5-4-6-10(14)12(9)13(18)19-3/h4-6H,7-8,14H2,1-3H3,(H,15,17). The minimum atomic E-state index is -0.471. The Balaban J connectivity index is 2.92. The summed E-state index contributed by atoms with van der Waals surface area (Å²) >= 11 is 0. The van der Waals surface area contributed by atoms with Crippen LogP contribution in [-0.4, -0.2) is 44.5 Å². The smallest absolute Gasteiger partial charge is 0.340 e. The van der Waals surface area contributed by atoms with Crippen molar-refractivity contribution < 1.29 is 14.3 Å². The number of hydrogen-bond acceptors (Lipinski definition) is 5. The summed E-state index contributed by atoms with van der Waals surface area (Å²) in [5, 5.41) is 2.54. The van der Waals surface area contributed by atoms with E-state index < -0.39 is 5.97 Å². The molecule has 6 heteroatoms. The Morgan fingerprint density at radius 1 is 1.42 bits per heavy atom. The third-order valence-electron chi connectivity index (χ3n) is 2.71. The van der Waals surface area contributed by atoms with Crippen molar-refractivity contribution in [3.8, 4) is 0 Å². The molecule has 0 aliphatic heterocycles. The highest BCUT2D eigenvalue weighted by Crippen LogP contribution is 2.19. The number of methoxy groups -OCH3 is 1. The topological polar surface area (TPSA) is 84.7 Å². The summed E-state index contributed by atoms with van der Waals surface area (Å²) in [6, 6.07) is 5.21. The van der Waals surface area contributed by atoms with Gasteiger partial charge in [0.15, 0.2) is 0 Å². The second kappa shape index (κ2) is 6.75. The fourth-order valence-electron chi connectivity index (χ4n) is 1.77. The molecule has 0 aliphatic rings. The van der Waals surface area contributed by atoms with Crippen LogP contribution in [0.2, 0.25) is 0 Å². The molecule has 3 N–H and O–H groups in total. The van der Waals surface area contributed by atoms with E-state index in [0.29, 0.717) is 17.8 Å². The van der Waals surface area contributed by atoms with Gasteiger partial charge in [-0.2, -0.15) is 0 Å². The zero-order valence-electron chi connectivity index (χ0n) is 11.4. The molecule has 1 amide bonds. The molecule has 0 atom stereocenters. The number of likely N-dealkylation sites (N-methyl/N-ethyl adjacent to an activating group) is 2. The minimum Gasteiger partial charge on any atom is -0.465 e. The van der Waals surface area contributed by atoms with Gasteiger partial charge >= 0.3 is 5.97 Å². The van der Waals surface area contributed by atoms with E-state index in [1.54, 1.807) is 37.2 Å². The first-order chi connectivity index (χ1) is 8.99. The fourth-order valence-corrected chi connectivity index (χ4v) is 1.77. The van der Waals surface area contributed by atoms with E-state index >= 15 is 0 Å². The summed E-state index contributed by atoms with van der Waals surface area (Å²) in [6.45, 7) is 0.675. The van der Waals surface area contributed by atoms with Crippen LogP contribution in [0.4, 0.5) is 5.69 Å². The largest absolute Gasteiger partial charge is 0.465 e. The third-order valence-corrected chi connectivity index (χ3v) is 2.71. The summed E-state index contributed by atoms with van der Waals surface area (Å²) < 4.78 is 4.72. The Kier molecular flexibility index (Phi) is 5.32. The number of carbonyl (C=O) groups is 2. The first kappa shape index (κ1) is 15.0. The fraction of sp³-hybridized carbons (Fsp3) is 0.385. The molecular weight excluding hydrogens is 246 g/mol. The first-order valence-electron chi connectivity index (χ1n) is 5.84. The summed E-state index contributed by atoms with van der Waals surface area (Å²) in [6.07, 6.45) is 0. The van der Waals surface area contributed by atoms with Crippen molar-refractivity contribution in [2.75, 3.05) is 33.5 Å². The number of esters is 1. The number of nitrogens with one attached hydrogen (secondary N) is 1. The molecule has 6 nitrogen and oxygen atoms in total. The van der Waals surface area contributed by atoms with Crippen molar-refractivity contribution in [2.45, 2.75) is 6.54 Å². The highest BCUT2D eigenvalue weighted by Gasteiger charge is 2.17. The van der Waals surface area contributed by atoms with Crippen LogP contribution in [0.25, 0.3) is 0 Å². The molecule has 0 aromatic heterocycles. The van der Waals surface area contributed by atoms with Crippen LogP contribution in [0.1, 0.15) is 15.9 Å². The number of carbonyl (C=O) groups excluding carboxylic acids is 2. The van der Waals surface area contributed by atoms with Gasteiger partial charge in [-0.05, 0) is 18.7 Å². The lowest BCUT2D eigenvalue weighted by Crippen LogP contribution is -2.33. The van der Waals surface area contributed by atoms with Crippen LogP contribution in [0.5, 0.6) is 0 Å². The molecule has 0 heterocycles. The number of hydrogen-bond donors (Lipinski definition) is 2. The Morgan fingerprint density at radius 2 is 2.11 bits per heavy atom. The van der Waals surface area contributed by atoms with E-state index in [1.807, 2.05) is 0 Å². The Bertz CT molecular complexity index is 474. The molecule has 0 spiro atoms. The third kappa shape index (κ3) is 3.96. The summed E-state index contributed by atoms with van der Waals surface area (Å²) in [5.41, 5.74) is 7.27. The number of benzene rings is 1. The van der Waals surface area contributed by atoms with Gasteiger partial charge in [0, 0.05) is 19.3 Å². The van der Waals surface area contributed by atoms with Crippen molar-refractivity contribution in [3.63, 3.8) is 0 Å². The maximum absolute atomic E-state index is 11.7. The second-order valence-corrected chi connectivity index (χ2v) is 4.22. The number of rotatable bonds is 5. The maximum Gasteiger partial charge on any atom is 0.340 e. The van der Waals surface area contributed by atoms with Crippen molar-refractivity contribution in [3.05, 3.63) is 29.3 Å². The van der Waals surface area contributed by atoms with E-state index in [-0.39, 0.29) is 12.5 Å². The highest BCUT2D eigenvalue weighted by molar-refractivity contribution is 5.96. The van der Waals surface area contributed by atoms with Gasteiger partial charge < -0.3 is 15.8 Å². The Morgan fingerprint density at radius 3 is 2.68 bits per heavy atom. The second-order valence-electron chi connectivity index (χ2n) is 4.22. The monoisotopic (exact) mass is 265 g/mol. The number of anilines is 1. The number of nitrogens with two attached hydrogens (primary N) is 1. The average Bonchev–Trinajstić information content (AvgIpc) is 2.37. The Hall–Kier alpha value is -2.08. The van der Waals surface area contributed by atoms with Gasteiger partial charge in [0.05, 0.1) is 19.2 Å². The van der Waals surface area contributed by atoms with Crippen LogP contribution in [0.15, 0.2) is 18.2 Å². The lowest BCUT2D eigenvalue weighted by molar-refractivity contribution is -0.121. The number of amides is 1. The predicted octanol–water partition coefficient (Wildman–Crippen LogP) is 0.233. The maximum atomic E-state index is 11.7. The quantitative estimate of drug-likeness (QED) is 0.588. The minimum absolute atomic E-state index is 0.0916. The zero-order chi connectivity index (χ0) is 14.4. The highest BCUT2D eigenvalue weighted by atomic mass is 16.5. The van der Waals surface area contributed by atoms with Crippen molar-refractivity contribution >= 4 is 17.6 Å². The molecule has 0 saturated heterocycles. The Labute approximate surface area is 112 Å². The first-order valence-corrected chi connectivity index (χ1v) is 5.84. The zero-order valence-corrected chi connectivity index (χ0v) is 11.4. The van der Waals surface area contributed by atoms with Crippen LogP contribution in [-0.2, 0) is 16.1 Å². The molecule has 1 aromatic carbocycles. The van der Waals surface area contributed by atoms with Crippen LogP contribution in [0.3, 0.4) is 0 Å². The molecule has 0 fully saturated rings. The van der Waals surface area contributed by atoms with Crippen LogP contribution < -0.4 is 11.1 Å². The van der Waals surface area contributed by atoms with Gasteiger partial charge in [-0.15, -0.1) is 0 Å². The van der Waals surface area contributed by atoms with Gasteiger partial charge in [0.25, 0.3) is 0 Å². The number of ether oxygens (including phenoxy) is 1. The summed E-state index contributed by atoms with van der Waals surface area (Å²) in [4.78, 5) is 24.8. The molecule has 19 heavy (non-hydrogen) atoms. The predicted molar refractivity (Wildman–Crippen MR) is 72.6 cm³/mol. The van der Waals surface area contributed by atoms with E-state index in [4.69, 9.17) is 10.5 Å². The molecule has 0 aliphatic carbocycles. The molecular formula is C13H19N3O3. The van der Waals surface area contributed by atoms with Crippen LogP contribution in [0, 0.1) is 0 Å². The number of nitrogens with zero attached hydrogens (tertiary/aromatic N) is 1. The lowest BCUT2D eigenvalue weighted by Gasteiger charge is -2.18. The normalized spacial score (nSPS) is 10.3. The summed E-state index contributed by atoms with van der Waals surface area (Å²) in [5.74, 6) is -0.563. The molecule has 1 rings (SSSR count). The van der Waals surface area contributed by atoms with Gasteiger partial charge in [-0.1, -0.05) is 12.1 Å². The van der Waals surface area contributed by atoms with E-state index in [2.05, 4.69) is 5.32 Å². The van der Waals surface area contributed by atoms with Gasteiger partial charge in [-0.3, -0.25) is 9.69 Å². The summed E-state index contributed by atoms with van der Waals surface area (Å²) in [7, 11) is 4.68. The van der Waals surface area contributed by atoms with Gasteiger partial charge in [0.1, 0.15) is 0 Å². The lowest BCUT2D eigenvalue weighted by atomic mass is 10.1. The molecule has 0 saturated carbocycles. The van der Waals surface area contributed by atoms with Gasteiger partial charge in [-0.25, -0.2) is 4.79 Å². The molecule has 0 unspecified atom stereocenters. The van der Waals surface area contributed by atoms with E-state index in [1.165, 1.54) is 7.11 Å². The molecule has 0 radical (unpaired) electrons. The van der Waals surface area contributed by atoms with Crippen LogP contribution >= 0.6 is 0 Å².